The average molecular weight is 279 g/mol. The number of carboxylic acid groups (broad SMARTS) is 1. The van der Waals surface area contributed by atoms with Crippen LogP contribution < -0.4 is 4.90 Å². The fourth-order valence-electron chi connectivity index (χ4n) is 2.43. The maximum Gasteiger partial charge on any atom is 0.328 e. The lowest BCUT2D eigenvalue weighted by Crippen LogP contribution is -2.45. The Morgan fingerprint density at radius 3 is 2.60 bits per heavy atom. The van der Waals surface area contributed by atoms with E-state index < -0.39 is 5.97 Å². The minimum Gasteiger partial charge on any atom is -0.478 e. The molecular formula is C15H18FNO3. The number of ether oxygens (including phenoxy) is 1. The van der Waals surface area contributed by atoms with Crippen molar-refractivity contribution < 1.29 is 19.0 Å². The fourth-order valence-corrected chi connectivity index (χ4v) is 2.43. The highest BCUT2D eigenvalue weighted by Crippen LogP contribution is 2.23. The number of aliphatic carboxylic acids is 1. The maximum absolute atomic E-state index is 13.7. The standard InChI is InChI=1S/C15H18FNO3/c1-10-8-17(9-11(2)20-10)14-6-12(3-4-15(18)19)5-13(16)7-14/h3-7,10-11H,8-9H2,1-2H3,(H,18,19)/b4-3+. The largest absolute Gasteiger partial charge is 0.478 e. The van der Waals surface area contributed by atoms with E-state index in [0.29, 0.717) is 18.7 Å². The van der Waals surface area contributed by atoms with Gasteiger partial charge in [0, 0.05) is 24.9 Å². The molecule has 20 heavy (non-hydrogen) atoms. The fraction of sp³-hybridized carbons (Fsp3) is 0.400. The van der Waals surface area contributed by atoms with Crippen molar-refractivity contribution in [2.45, 2.75) is 26.1 Å². The first-order valence-electron chi connectivity index (χ1n) is 6.56. The van der Waals surface area contributed by atoms with Crippen LogP contribution in [0.3, 0.4) is 0 Å². The molecule has 108 valence electrons. The smallest absolute Gasteiger partial charge is 0.328 e. The molecule has 1 aromatic carbocycles. The lowest BCUT2D eigenvalue weighted by atomic mass is 10.1. The van der Waals surface area contributed by atoms with Crippen LogP contribution in [-0.2, 0) is 9.53 Å². The first-order chi connectivity index (χ1) is 9.44. The molecule has 0 amide bonds. The Bertz CT molecular complexity index is 520. The van der Waals surface area contributed by atoms with E-state index in [1.165, 1.54) is 18.2 Å². The third-order valence-electron chi connectivity index (χ3n) is 3.11. The summed E-state index contributed by atoms with van der Waals surface area (Å²) in [4.78, 5) is 12.6. The summed E-state index contributed by atoms with van der Waals surface area (Å²) in [5, 5.41) is 8.62. The van der Waals surface area contributed by atoms with Crippen LogP contribution in [0.5, 0.6) is 0 Å². The highest BCUT2D eigenvalue weighted by molar-refractivity contribution is 5.85. The summed E-state index contributed by atoms with van der Waals surface area (Å²) in [5.41, 5.74) is 1.28. The highest BCUT2D eigenvalue weighted by Gasteiger charge is 2.22. The number of morpholine rings is 1. The average Bonchev–Trinajstić information content (AvgIpc) is 2.34. The molecule has 1 aliphatic rings. The van der Waals surface area contributed by atoms with E-state index in [1.807, 2.05) is 13.8 Å². The van der Waals surface area contributed by atoms with Gasteiger partial charge in [-0.05, 0) is 43.7 Å². The van der Waals surface area contributed by atoms with E-state index in [-0.39, 0.29) is 18.0 Å². The molecule has 0 radical (unpaired) electrons. The van der Waals surface area contributed by atoms with Crippen molar-refractivity contribution in [2.24, 2.45) is 0 Å². The minimum atomic E-state index is -1.05. The van der Waals surface area contributed by atoms with Gasteiger partial charge in [-0.2, -0.15) is 0 Å². The van der Waals surface area contributed by atoms with E-state index in [9.17, 15) is 9.18 Å². The van der Waals surface area contributed by atoms with Crippen LogP contribution in [0, 0.1) is 5.82 Å². The van der Waals surface area contributed by atoms with Gasteiger partial charge in [0.1, 0.15) is 5.82 Å². The molecule has 2 atom stereocenters. The lowest BCUT2D eigenvalue weighted by Gasteiger charge is -2.37. The number of anilines is 1. The molecule has 4 nitrogen and oxygen atoms in total. The van der Waals surface area contributed by atoms with Crippen LogP contribution in [0.1, 0.15) is 19.4 Å². The molecule has 0 spiro atoms. The molecule has 0 aromatic heterocycles. The number of hydrogen-bond acceptors (Lipinski definition) is 3. The molecule has 1 fully saturated rings. The van der Waals surface area contributed by atoms with E-state index in [1.54, 1.807) is 6.07 Å². The second-order valence-corrected chi connectivity index (χ2v) is 5.08. The first-order valence-corrected chi connectivity index (χ1v) is 6.56. The molecule has 2 rings (SSSR count). The normalized spacial score (nSPS) is 23.2. The topological polar surface area (TPSA) is 49.8 Å². The second-order valence-electron chi connectivity index (χ2n) is 5.08. The number of hydrogen-bond donors (Lipinski definition) is 1. The zero-order valence-electron chi connectivity index (χ0n) is 11.5. The van der Waals surface area contributed by atoms with Crippen LogP contribution >= 0.6 is 0 Å². The summed E-state index contributed by atoms with van der Waals surface area (Å²) in [6.45, 7) is 5.34. The molecule has 1 aliphatic heterocycles. The molecule has 0 bridgehead atoms. The predicted molar refractivity (Wildman–Crippen MR) is 75.3 cm³/mol. The zero-order chi connectivity index (χ0) is 14.7. The van der Waals surface area contributed by atoms with Crippen molar-refractivity contribution in [1.82, 2.24) is 0 Å². The van der Waals surface area contributed by atoms with Crippen molar-refractivity contribution in [3.8, 4) is 0 Å². The third kappa shape index (κ3) is 3.81. The minimum absolute atomic E-state index is 0.0834. The Hall–Kier alpha value is -1.88. The van der Waals surface area contributed by atoms with Crippen LogP contribution in [0.4, 0.5) is 10.1 Å². The van der Waals surface area contributed by atoms with Crippen LogP contribution in [0.2, 0.25) is 0 Å². The van der Waals surface area contributed by atoms with Gasteiger partial charge >= 0.3 is 5.97 Å². The molecular weight excluding hydrogens is 261 g/mol. The van der Waals surface area contributed by atoms with Crippen molar-refractivity contribution in [1.29, 1.82) is 0 Å². The Morgan fingerprint density at radius 2 is 2.00 bits per heavy atom. The summed E-state index contributed by atoms with van der Waals surface area (Å²) in [7, 11) is 0. The van der Waals surface area contributed by atoms with Gasteiger partial charge in [0.05, 0.1) is 12.2 Å². The SMILES string of the molecule is CC1CN(c2cc(F)cc(/C=C/C(=O)O)c2)CC(C)O1. The molecule has 0 aliphatic carbocycles. The summed E-state index contributed by atoms with van der Waals surface area (Å²) < 4.78 is 19.3. The summed E-state index contributed by atoms with van der Waals surface area (Å²) in [5.74, 6) is -1.43. The monoisotopic (exact) mass is 279 g/mol. The van der Waals surface area contributed by atoms with Gasteiger partial charge in [0.15, 0.2) is 0 Å². The van der Waals surface area contributed by atoms with Crippen molar-refractivity contribution >= 4 is 17.7 Å². The second kappa shape index (κ2) is 6.05. The quantitative estimate of drug-likeness (QED) is 0.864. The first kappa shape index (κ1) is 14.5. The van der Waals surface area contributed by atoms with Gasteiger partial charge in [0.25, 0.3) is 0 Å². The number of rotatable bonds is 3. The molecule has 5 heteroatoms. The van der Waals surface area contributed by atoms with Crippen molar-refractivity contribution in [3.63, 3.8) is 0 Å². The molecule has 1 saturated heterocycles. The molecule has 1 heterocycles. The Balaban J connectivity index is 2.25. The zero-order valence-corrected chi connectivity index (χ0v) is 11.5. The molecule has 1 aromatic rings. The van der Waals surface area contributed by atoms with Crippen LogP contribution in [-0.4, -0.2) is 36.4 Å². The van der Waals surface area contributed by atoms with Crippen molar-refractivity contribution in [2.75, 3.05) is 18.0 Å². The van der Waals surface area contributed by atoms with Gasteiger partial charge in [0.2, 0.25) is 0 Å². The summed E-state index contributed by atoms with van der Waals surface area (Å²) >= 11 is 0. The maximum atomic E-state index is 13.7. The third-order valence-corrected chi connectivity index (χ3v) is 3.11. The lowest BCUT2D eigenvalue weighted by molar-refractivity contribution is -0.131. The summed E-state index contributed by atoms with van der Waals surface area (Å²) in [6, 6.07) is 4.56. The molecule has 2 unspecified atom stereocenters. The Labute approximate surface area is 117 Å². The van der Waals surface area contributed by atoms with E-state index in [4.69, 9.17) is 9.84 Å². The van der Waals surface area contributed by atoms with E-state index in [2.05, 4.69) is 4.90 Å². The Morgan fingerprint density at radius 1 is 1.35 bits per heavy atom. The van der Waals surface area contributed by atoms with Gasteiger partial charge in [-0.25, -0.2) is 9.18 Å². The number of carbonyl (C=O) groups is 1. The van der Waals surface area contributed by atoms with Gasteiger partial charge in [-0.15, -0.1) is 0 Å². The number of nitrogens with zero attached hydrogens (tertiary/aromatic N) is 1. The van der Waals surface area contributed by atoms with Gasteiger partial charge < -0.3 is 14.7 Å². The summed E-state index contributed by atoms with van der Waals surface area (Å²) in [6.07, 6.45) is 2.56. The predicted octanol–water partition coefficient (Wildman–Crippen LogP) is 2.54. The molecule has 0 saturated carbocycles. The molecule has 1 N–H and O–H groups in total. The highest BCUT2D eigenvalue weighted by atomic mass is 19.1. The van der Waals surface area contributed by atoms with Crippen molar-refractivity contribution in [3.05, 3.63) is 35.7 Å². The Kier molecular flexibility index (Phi) is 4.39. The van der Waals surface area contributed by atoms with Gasteiger partial charge in [-0.1, -0.05) is 0 Å². The van der Waals surface area contributed by atoms with E-state index >= 15 is 0 Å². The van der Waals surface area contributed by atoms with Gasteiger partial charge in [-0.3, -0.25) is 0 Å². The van der Waals surface area contributed by atoms with Crippen LogP contribution in [0.15, 0.2) is 24.3 Å². The van der Waals surface area contributed by atoms with E-state index in [0.717, 1.165) is 11.8 Å². The van der Waals surface area contributed by atoms with Crippen LogP contribution in [0.25, 0.3) is 6.08 Å². The number of benzene rings is 1. The number of halogens is 1. The number of carboxylic acids is 1.